The van der Waals surface area contributed by atoms with Crippen LogP contribution in [-0.4, -0.2) is 57.6 Å². The van der Waals surface area contributed by atoms with Crippen LogP contribution < -0.4 is 14.4 Å². The SMILES string of the molecule is CC1(C)C[C@H]2CCCn3ccc(n3)S(=O)(=O)NC(=O)c3ccc(-n4ccc(OCCC5CCC56CC6)n4)nc3N1C2. The molecule has 11 nitrogen and oxygen atoms in total. The van der Waals surface area contributed by atoms with Gasteiger partial charge in [-0.05, 0) is 101 Å². The van der Waals surface area contributed by atoms with Gasteiger partial charge in [0.05, 0.1) is 12.2 Å². The summed E-state index contributed by atoms with van der Waals surface area (Å²) >= 11 is 0. The number of fused-ring (bicyclic) bond motifs is 6. The number of hydrogen-bond donors (Lipinski definition) is 1. The lowest BCUT2D eigenvalue weighted by atomic mass is 9.69. The summed E-state index contributed by atoms with van der Waals surface area (Å²) in [5.74, 6) is 1.98. The first-order chi connectivity index (χ1) is 19.6. The Balaban J connectivity index is 1.17. The highest BCUT2D eigenvalue weighted by molar-refractivity contribution is 7.90. The fourth-order valence-electron chi connectivity index (χ4n) is 7.13. The van der Waals surface area contributed by atoms with E-state index in [-0.39, 0.29) is 16.1 Å². The van der Waals surface area contributed by atoms with Crippen molar-refractivity contribution >= 4 is 21.7 Å². The van der Waals surface area contributed by atoms with Gasteiger partial charge in [0.15, 0.2) is 10.8 Å². The van der Waals surface area contributed by atoms with E-state index >= 15 is 0 Å². The van der Waals surface area contributed by atoms with Gasteiger partial charge in [-0.1, -0.05) is 0 Å². The summed E-state index contributed by atoms with van der Waals surface area (Å²) in [4.78, 5) is 20.5. The van der Waals surface area contributed by atoms with E-state index in [1.54, 1.807) is 33.9 Å². The highest BCUT2D eigenvalue weighted by atomic mass is 32.2. The van der Waals surface area contributed by atoms with Crippen molar-refractivity contribution in [3.63, 3.8) is 0 Å². The molecule has 0 radical (unpaired) electrons. The Labute approximate surface area is 240 Å². The second-order valence-corrected chi connectivity index (χ2v) is 14.5. The molecule has 7 rings (SSSR count). The Morgan fingerprint density at radius 3 is 2.71 bits per heavy atom. The Bertz CT molecular complexity index is 1590. The molecule has 4 aliphatic rings. The molecule has 5 heterocycles. The first kappa shape index (κ1) is 26.5. The predicted octanol–water partition coefficient (Wildman–Crippen LogP) is 3.94. The Morgan fingerprint density at radius 1 is 1.07 bits per heavy atom. The largest absolute Gasteiger partial charge is 0.477 e. The molecule has 2 aliphatic carbocycles. The highest BCUT2D eigenvalue weighted by Gasteiger charge is 2.54. The summed E-state index contributed by atoms with van der Waals surface area (Å²) in [5.41, 5.74) is 0.555. The highest BCUT2D eigenvalue weighted by Crippen LogP contribution is 2.65. The van der Waals surface area contributed by atoms with Gasteiger partial charge >= 0.3 is 0 Å². The molecule has 3 fully saturated rings. The Kier molecular flexibility index (Phi) is 6.18. The number of nitrogens with one attached hydrogen (secondary N) is 1. The number of ether oxygens (including phenoxy) is 1. The summed E-state index contributed by atoms with van der Waals surface area (Å²) in [7, 11) is -4.15. The van der Waals surface area contributed by atoms with Gasteiger partial charge in [-0.2, -0.15) is 13.5 Å². The van der Waals surface area contributed by atoms with Gasteiger partial charge in [-0.15, -0.1) is 5.10 Å². The average molecular weight is 580 g/mol. The summed E-state index contributed by atoms with van der Waals surface area (Å²) in [5, 5.41) is 8.63. The van der Waals surface area contributed by atoms with Crippen LogP contribution in [0.15, 0.2) is 41.7 Å². The molecule has 1 amide bonds. The molecule has 3 aromatic heterocycles. The van der Waals surface area contributed by atoms with Crippen molar-refractivity contribution in [2.45, 2.75) is 82.3 Å². The average Bonchev–Trinajstić information content (AvgIpc) is 3.24. The zero-order valence-corrected chi connectivity index (χ0v) is 24.4. The van der Waals surface area contributed by atoms with Crippen LogP contribution in [0.5, 0.6) is 5.88 Å². The van der Waals surface area contributed by atoms with Crippen LogP contribution >= 0.6 is 0 Å². The molecule has 0 aromatic carbocycles. The standard InChI is InChI=1S/C29H37N7O4S/c1-28(2)18-20-4-3-14-34-15-9-25(32-34)41(38,39)33-27(37)22-5-6-23(30-26(22)35(28)19-20)36-16-8-24(31-36)40-17-10-21-7-11-29(21)12-13-29/h5-6,8-9,15-16,20-21H,3-4,7,10-14,17-19H2,1-2H3,(H,33,37)/t20-,21?/m1/s1. The molecule has 1 saturated heterocycles. The minimum atomic E-state index is -4.15. The lowest BCUT2D eigenvalue weighted by Gasteiger charge is -2.37. The van der Waals surface area contributed by atoms with Gasteiger partial charge in [-0.25, -0.2) is 14.4 Å². The van der Waals surface area contributed by atoms with Crippen molar-refractivity contribution in [3.05, 3.63) is 42.2 Å². The van der Waals surface area contributed by atoms with Gasteiger partial charge in [0, 0.05) is 37.1 Å². The monoisotopic (exact) mass is 579 g/mol. The smallest absolute Gasteiger partial charge is 0.283 e. The number of carbonyl (C=O) groups is 1. The normalized spacial score (nSPS) is 25.6. The van der Waals surface area contributed by atoms with Crippen molar-refractivity contribution in [2.24, 2.45) is 17.3 Å². The Morgan fingerprint density at radius 2 is 1.93 bits per heavy atom. The number of anilines is 1. The summed E-state index contributed by atoms with van der Waals surface area (Å²) in [6.45, 7) is 6.27. The van der Waals surface area contributed by atoms with Gasteiger partial charge in [-0.3, -0.25) is 9.48 Å². The molecule has 4 bridgehead atoms. The molecule has 41 heavy (non-hydrogen) atoms. The van der Waals surface area contributed by atoms with Crippen LogP contribution in [0, 0.1) is 17.3 Å². The predicted molar refractivity (Wildman–Crippen MR) is 152 cm³/mol. The first-order valence-electron chi connectivity index (χ1n) is 14.7. The van der Waals surface area contributed by atoms with E-state index < -0.39 is 15.9 Å². The number of aryl methyl sites for hydroxylation is 1. The lowest BCUT2D eigenvalue weighted by Crippen LogP contribution is -2.41. The van der Waals surface area contributed by atoms with Crippen LogP contribution in [-0.2, 0) is 16.6 Å². The van der Waals surface area contributed by atoms with E-state index in [0.717, 1.165) is 38.1 Å². The molecule has 1 unspecified atom stereocenters. The Hall–Kier alpha value is -3.41. The molecular formula is C29H37N7O4S. The first-order valence-corrected chi connectivity index (χ1v) is 16.2. The topological polar surface area (TPSA) is 124 Å². The number of pyridine rings is 1. The maximum atomic E-state index is 13.5. The number of nitrogens with zero attached hydrogens (tertiary/aromatic N) is 6. The second kappa shape index (κ2) is 9.57. The molecule has 1 N–H and O–H groups in total. The van der Waals surface area contributed by atoms with Crippen molar-refractivity contribution in [3.8, 4) is 11.7 Å². The van der Waals surface area contributed by atoms with Crippen LogP contribution in [0.3, 0.4) is 0 Å². The second-order valence-electron chi connectivity index (χ2n) is 12.9. The third kappa shape index (κ3) is 4.89. The number of sulfonamides is 1. The zero-order chi connectivity index (χ0) is 28.4. The van der Waals surface area contributed by atoms with Crippen molar-refractivity contribution in [1.82, 2.24) is 29.3 Å². The summed E-state index contributed by atoms with van der Waals surface area (Å²) in [6.07, 6.45) is 12.7. The van der Waals surface area contributed by atoms with E-state index in [2.05, 4.69) is 33.7 Å². The molecule has 2 aliphatic heterocycles. The number of amides is 1. The van der Waals surface area contributed by atoms with E-state index in [4.69, 9.17) is 9.72 Å². The minimum absolute atomic E-state index is 0.175. The van der Waals surface area contributed by atoms with E-state index in [9.17, 15) is 13.2 Å². The van der Waals surface area contributed by atoms with Crippen molar-refractivity contribution in [2.75, 3.05) is 18.1 Å². The third-order valence-electron chi connectivity index (χ3n) is 9.70. The van der Waals surface area contributed by atoms with Gasteiger partial charge in [0.2, 0.25) is 5.88 Å². The fraction of sp³-hybridized carbons (Fsp3) is 0.586. The van der Waals surface area contributed by atoms with E-state index in [1.807, 2.05) is 6.07 Å². The van der Waals surface area contributed by atoms with Gasteiger partial charge < -0.3 is 9.64 Å². The van der Waals surface area contributed by atoms with Crippen LogP contribution in [0.25, 0.3) is 5.82 Å². The van der Waals surface area contributed by atoms with Crippen LogP contribution in [0.2, 0.25) is 0 Å². The minimum Gasteiger partial charge on any atom is -0.477 e. The maximum absolute atomic E-state index is 13.5. The molecule has 12 heteroatoms. The number of rotatable bonds is 5. The summed E-state index contributed by atoms with van der Waals surface area (Å²) < 4.78 is 37.5. The molecule has 3 aromatic rings. The zero-order valence-electron chi connectivity index (χ0n) is 23.6. The molecule has 2 atom stereocenters. The fourth-order valence-corrected chi connectivity index (χ4v) is 8.04. The van der Waals surface area contributed by atoms with Gasteiger partial charge in [0.25, 0.3) is 15.9 Å². The third-order valence-corrected chi connectivity index (χ3v) is 10.9. The number of carbonyl (C=O) groups excluding carboxylic acids is 1. The quantitative estimate of drug-likeness (QED) is 0.482. The van der Waals surface area contributed by atoms with Gasteiger partial charge in [0.1, 0.15) is 5.82 Å². The molecular weight excluding hydrogens is 542 g/mol. The molecule has 1 spiro atoms. The number of hydrogen-bond acceptors (Lipinski definition) is 8. The van der Waals surface area contributed by atoms with Crippen LogP contribution in [0.4, 0.5) is 5.82 Å². The molecule has 2 saturated carbocycles. The maximum Gasteiger partial charge on any atom is 0.283 e. The van der Waals surface area contributed by atoms with E-state index in [0.29, 0.717) is 42.0 Å². The van der Waals surface area contributed by atoms with Crippen molar-refractivity contribution < 1.29 is 17.9 Å². The molecule has 218 valence electrons. The van der Waals surface area contributed by atoms with Crippen molar-refractivity contribution in [1.29, 1.82) is 0 Å². The number of aromatic nitrogens is 5. The van der Waals surface area contributed by atoms with Crippen LogP contribution in [0.1, 0.15) is 75.6 Å². The summed E-state index contributed by atoms with van der Waals surface area (Å²) in [6, 6.07) is 6.56. The van der Waals surface area contributed by atoms with E-state index in [1.165, 1.54) is 31.7 Å². The lowest BCUT2D eigenvalue weighted by molar-refractivity contribution is 0.0981.